The van der Waals surface area contributed by atoms with Crippen molar-refractivity contribution in [2.24, 2.45) is 0 Å². The average Bonchev–Trinajstić information content (AvgIpc) is 2.62. The minimum atomic E-state index is -0.909. The summed E-state index contributed by atoms with van der Waals surface area (Å²) < 4.78 is 10.0. The minimum absolute atomic E-state index is 0.0612. The minimum Gasteiger partial charge on any atom is -0.496 e. The van der Waals surface area contributed by atoms with Crippen molar-refractivity contribution in [1.29, 1.82) is 0 Å². The summed E-state index contributed by atoms with van der Waals surface area (Å²) in [6, 6.07) is 0. The van der Waals surface area contributed by atoms with Crippen LogP contribution >= 0.6 is 0 Å². The number of methoxy groups -OCH3 is 2. The van der Waals surface area contributed by atoms with Crippen LogP contribution in [0.15, 0.2) is 6.20 Å². The first-order valence-corrected chi connectivity index (χ1v) is 8.01. The molecule has 0 atom stereocenters. The van der Waals surface area contributed by atoms with E-state index >= 15 is 0 Å². The van der Waals surface area contributed by atoms with Crippen LogP contribution in [-0.2, 0) is 16.1 Å². The molecule has 150 valence electrons. The molecule has 2 aromatic heterocycles. The van der Waals surface area contributed by atoms with Crippen LogP contribution in [0, 0.1) is 24.0 Å². The molecule has 0 aliphatic rings. The second-order valence-corrected chi connectivity index (χ2v) is 5.81. The molecule has 12 nitrogen and oxygen atoms in total. The van der Waals surface area contributed by atoms with Gasteiger partial charge in [0.2, 0.25) is 11.8 Å². The van der Waals surface area contributed by atoms with E-state index in [1.165, 1.54) is 19.1 Å². The maximum absolute atomic E-state index is 11.9. The van der Waals surface area contributed by atoms with Crippen molar-refractivity contribution in [3.05, 3.63) is 33.1 Å². The number of rotatable bonds is 7. The van der Waals surface area contributed by atoms with Crippen LogP contribution in [0.5, 0.6) is 11.6 Å². The molecule has 0 fully saturated rings. The lowest BCUT2D eigenvalue weighted by molar-refractivity contribution is -0.385. The van der Waals surface area contributed by atoms with Crippen molar-refractivity contribution in [3.63, 3.8) is 0 Å². The highest BCUT2D eigenvalue weighted by molar-refractivity contribution is 5.77. The quantitative estimate of drug-likeness (QED) is 0.390. The predicted octanol–water partition coefficient (Wildman–Crippen LogP) is 0.873. The number of ether oxygens (including phenoxy) is 2. The Labute approximate surface area is 160 Å². The van der Waals surface area contributed by atoms with Gasteiger partial charge in [-0.1, -0.05) is 0 Å². The number of nitrogens with two attached hydrogens (primary N) is 1. The van der Waals surface area contributed by atoms with E-state index in [4.69, 9.17) is 10.5 Å². The molecule has 2 aromatic rings. The number of aromatic hydroxyl groups is 1. The van der Waals surface area contributed by atoms with Gasteiger partial charge in [0, 0.05) is 17.3 Å². The van der Waals surface area contributed by atoms with Crippen molar-refractivity contribution in [2.45, 2.75) is 20.4 Å². The van der Waals surface area contributed by atoms with Crippen LogP contribution in [0.4, 0.5) is 17.5 Å². The Morgan fingerprint density at radius 2 is 2.04 bits per heavy atom. The van der Waals surface area contributed by atoms with Crippen molar-refractivity contribution < 1.29 is 24.3 Å². The Morgan fingerprint density at radius 1 is 1.36 bits per heavy atom. The number of nitro groups is 1. The van der Waals surface area contributed by atoms with Crippen molar-refractivity contribution >= 4 is 23.4 Å². The molecule has 0 bridgehead atoms. The molecule has 2 heterocycles. The smallest absolute Gasteiger partial charge is 0.372 e. The van der Waals surface area contributed by atoms with Crippen LogP contribution in [0.25, 0.3) is 0 Å². The first-order chi connectivity index (χ1) is 13.2. The van der Waals surface area contributed by atoms with Gasteiger partial charge in [0.25, 0.3) is 5.88 Å². The first kappa shape index (κ1) is 20.6. The van der Waals surface area contributed by atoms with E-state index in [2.05, 4.69) is 19.7 Å². The average molecular weight is 392 g/mol. The Kier molecular flexibility index (Phi) is 6.13. The third-order valence-corrected chi connectivity index (χ3v) is 3.98. The fourth-order valence-corrected chi connectivity index (χ4v) is 2.67. The van der Waals surface area contributed by atoms with Gasteiger partial charge in [0.05, 0.1) is 31.4 Å². The van der Waals surface area contributed by atoms with E-state index in [1.807, 2.05) is 6.92 Å². The van der Waals surface area contributed by atoms with E-state index in [9.17, 15) is 20.0 Å². The van der Waals surface area contributed by atoms with Crippen molar-refractivity contribution in [1.82, 2.24) is 15.0 Å². The maximum atomic E-state index is 11.9. The summed E-state index contributed by atoms with van der Waals surface area (Å²) >= 11 is 0. The summed E-state index contributed by atoms with van der Waals surface area (Å²) in [7, 11) is 2.69. The molecule has 0 amide bonds. The van der Waals surface area contributed by atoms with Gasteiger partial charge < -0.3 is 25.2 Å². The van der Waals surface area contributed by atoms with E-state index in [1.54, 1.807) is 13.1 Å². The Morgan fingerprint density at radius 3 is 2.61 bits per heavy atom. The summed E-state index contributed by atoms with van der Waals surface area (Å²) in [6.45, 7) is 3.13. The van der Waals surface area contributed by atoms with E-state index in [0.717, 1.165) is 5.56 Å². The maximum Gasteiger partial charge on any atom is 0.372 e. The first-order valence-electron chi connectivity index (χ1n) is 8.01. The molecular formula is C16H20N6O6. The van der Waals surface area contributed by atoms with Crippen LogP contribution in [0.3, 0.4) is 0 Å². The monoisotopic (exact) mass is 392 g/mol. The Balaban J connectivity index is 2.60. The van der Waals surface area contributed by atoms with Gasteiger partial charge in [-0.3, -0.25) is 19.9 Å². The number of hydrogen-bond donors (Lipinski definition) is 2. The number of carbonyl (C=O) groups is 1. The summed E-state index contributed by atoms with van der Waals surface area (Å²) in [5.74, 6) is -1.71. The number of carbonyl (C=O) groups excluding carboxylic acids is 1. The largest absolute Gasteiger partial charge is 0.496 e. The SMILES string of the molecule is COC(=O)CN(Cc1ncc(C)c(OC)c1C)c1nc(N)nc(O)c1[N+](=O)[O-]. The van der Waals surface area contributed by atoms with Crippen molar-refractivity contribution in [3.8, 4) is 11.6 Å². The summed E-state index contributed by atoms with van der Waals surface area (Å²) in [5, 5.41) is 21.3. The number of anilines is 2. The molecular weight excluding hydrogens is 372 g/mol. The van der Waals surface area contributed by atoms with Gasteiger partial charge in [-0.05, 0) is 13.8 Å². The lowest BCUT2D eigenvalue weighted by Gasteiger charge is -2.23. The van der Waals surface area contributed by atoms with E-state index < -0.39 is 29.0 Å². The number of nitrogens with zero attached hydrogens (tertiary/aromatic N) is 5. The molecule has 0 saturated carbocycles. The number of aromatic nitrogens is 3. The van der Waals surface area contributed by atoms with Gasteiger partial charge in [-0.15, -0.1) is 0 Å². The molecule has 0 unspecified atom stereocenters. The van der Waals surface area contributed by atoms with Crippen LogP contribution in [0.1, 0.15) is 16.8 Å². The van der Waals surface area contributed by atoms with Gasteiger partial charge in [-0.25, -0.2) is 0 Å². The summed E-state index contributed by atoms with van der Waals surface area (Å²) in [6.07, 6.45) is 1.58. The molecule has 0 aliphatic heterocycles. The Hall–Kier alpha value is -3.70. The van der Waals surface area contributed by atoms with E-state index in [0.29, 0.717) is 17.0 Å². The van der Waals surface area contributed by atoms with E-state index in [-0.39, 0.29) is 18.3 Å². The number of aryl methyl sites for hydroxylation is 1. The summed E-state index contributed by atoms with van der Waals surface area (Å²) in [5.41, 5.74) is 6.73. The number of nitrogen functional groups attached to an aromatic ring is 1. The third kappa shape index (κ3) is 4.16. The number of pyridine rings is 1. The fourth-order valence-electron chi connectivity index (χ4n) is 2.67. The van der Waals surface area contributed by atoms with Crippen molar-refractivity contribution in [2.75, 3.05) is 31.4 Å². The molecule has 12 heteroatoms. The molecule has 28 heavy (non-hydrogen) atoms. The van der Waals surface area contributed by atoms with Crippen LogP contribution in [0.2, 0.25) is 0 Å². The zero-order chi connectivity index (χ0) is 21.0. The molecule has 0 radical (unpaired) electrons. The molecule has 0 spiro atoms. The standard InChI is InChI=1S/C16H20N6O6/c1-8-5-18-10(9(2)13(8)28-4)6-21(7-11(23)27-3)14-12(22(25)26)15(24)20-16(17)19-14/h5H,6-7H2,1-4H3,(H3,17,19,20,24). The molecule has 0 saturated heterocycles. The van der Waals surface area contributed by atoms with Gasteiger partial charge in [0.15, 0.2) is 0 Å². The lowest BCUT2D eigenvalue weighted by atomic mass is 10.1. The normalized spacial score (nSPS) is 10.4. The zero-order valence-corrected chi connectivity index (χ0v) is 15.8. The fraction of sp³-hybridized carbons (Fsp3) is 0.375. The molecule has 0 aliphatic carbocycles. The highest BCUT2D eigenvalue weighted by Gasteiger charge is 2.30. The predicted molar refractivity (Wildman–Crippen MR) is 98.1 cm³/mol. The molecule has 0 aromatic carbocycles. The lowest BCUT2D eigenvalue weighted by Crippen LogP contribution is -2.32. The molecule has 3 N–H and O–H groups in total. The highest BCUT2D eigenvalue weighted by atomic mass is 16.6. The second kappa shape index (κ2) is 8.33. The highest BCUT2D eigenvalue weighted by Crippen LogP contribution is 2.35. The zero-order valence-electron chi connectivity index (χ0n) is 15.8. The molecule has 2 rings (SSSR count). The van der Waals surface area contributed by atoms with Crippen LogP contribution < -0.4 is 15.4 Å². The Bertz CT molecular complexity index is 919. The van der Waals surface area contributed by atoms with Gasteiger partial charge in [-0.2, -0.15) is 9.97 Å². The van der Waals surface area contributed by atoms with Gasteiger partial charge in [0.1, 0.15) is 12.3 Å². The van der Waals surface area contributed by atoms with Crippen LogP contribution in [-0.4, -0.2) is 51.7 Å². The topological polar surface area (TPSA) is 167 Å². The summed E-state index contributed by atoms with van der Waals surface area (Å²) in [4.78, 5) is 35.3. The van der Waals surface area contributed by atoms with Gasteiger partial charge >= 0.3 is 11.7 Å². The number of esters is 1. The number of hydrogen-bond acceptors (Lipinski definition) is 11. The second-order valence-electron chi connectivity index (χ2n) is 5.81. The third-order valence-electron chi connectivity index (χ3n) is 3.98.